The molecule has 180 valence electrons. The van der Waals surface area contributed by atoms with Crippen LogP contribution in [0.5, 0.6) is 0 Å². The summed E-state index contributed by atoms with van der Waals surface area (Å²) in [5.74, 6) is 0. The van der Waals surface area contributed by atoms with Crippen molar-refractivity contribution >= 4 is 24.2 Å². The van der Waals surface area contributed by atoms with Gasteiger partial charge in [0, 0.05) is 36.1 Å². The fraction of sp³-hybridized carbons (Fsp3) is 0.333. The van der Waals surface area contributed by atoms with Crippen molar-refractivity contribution in [2.75, 3.05) is 12.9 Å². The van der Waals surface area contributed by atoms with E-state index >= 15 is 0 Å². The molecule has 0 N–H and O–H groups in total. The second-order valence-corrected chi connectivity index (χ2v) is 16.4. The Labute approximate surface area is 201 Å². The molecule has 0 fully saturated rings. The van der Waals surface area contributed by atoms with Crippen LogP contribution in [0, 0.1) is 0 Å². The summed E-state index contributed by atoms with van der Waals surface area (Å²) in [7, 11) is -5.24. The zero-order chi connectivity index (χ0) is 25.1. The lowest BCUT2D eigenvalue weighted by Crippen LogP contribution is -2.40. The molecule has 3 aromatic rings. The maximum absolute atomic E-state index is 13.3. The molecule has 1 aromatic carbocycles. The molecule has 0 aliphatic rings. The van der Waals surface area contributed by atoms with Crippen LogP contribution in [0.1, 0.15) is 26.5 Å². The number of hydrogen-bond donors (Lipinski definition) is 0. The molecule has 2 heterocycles. The molecule has 0 saturated carbocycles. The average Bonchev–Trinajstić information content (AvgIpc) is 2.77. The molecule has 0 amide bonds. The van der Waals surface area contributed by atoms with Crippen LogP contribution in [0.2, 0.25) is 18.1 Å². The zero-order valence-electron chi connectivity index (χ0n) is 20.3. The maximum atomic E-state index is 13.3. The van der Waals surface area contributed by atoms with Gasteiger partial charge in [-0.15, -0.1) is 0 Å². The second kappa shape index (κ2) is 9.73. The van der Waals surface area contributed by atoms with Gasteiger partial charge in [-0.2, -0.15) is 0 Å². The normalized spacial score (nSPS) is 12.9. The van der Waals surface area contributed by atoms with Crippen molar-refractivity contribution in [1.82, 2.24) is 19.5 Å². The van der Waals surface area contributed by atoms with Gasteiger partial charge in [-0.25, -0.2) is 23.4 Å². The SMILES string of the molecule is CC(C)(C)[Si](C)(C)OCC=Cc1cn(-c2ccc(S(C)(=O)=O)cc2)c(=O)c(-c2cncnc2)n1. The van der Waals surface area contributed by atoms with Crippen LogP contribution in [0.4, 0.5) is 0 Å². The van der Waals surface area contributed by atoms with Crippen molar-refractivity contribution in [2.45, 2.75) is 43.8 Å². The fourth-order valence-corrected chi connectivity index (χ4v) is 4.46. The van der Waals surface area contributed by atoms with E-state index in [1.54, 1.807) is 24.4 Å². The van der Waals surface area contributed by atoms with Crippen LogP contribution in [-0.2, 0) is 14.3 Å². The Morgan fingerprint density at radius 1 is 1.09 bits per heavy atom. The minimum Gasteiger partial charge on any atom is -0.413 e. The highest BCUT2D eigenvalue weighted by Crippen LogP contribution is 2.36. The van der Waals surface area contributed by atoms with Crippen molar-refractivity contribution in [1.29, 1.82) is 0 Å². The van der Waals surface area contributed by atoms with Crippen molar-refractivity contribution in [2.24, 2.45) is 0 Å². The number of benzene rings is 1. The second-order valence-electron chi connectivity index (χ2n) is 9.56. The van der Waals surface area contributed by atoms with E-state index in [4.69, 9.17) is 4.43 Å². The van der Waals surface area contributed by atoms with Gasteiger partial charge in [0.05, 0.1) is 17.2 Å². The summed E-state index contributed by atoms with van der Waals surface area (Å²) in [6.07, 6.45) is 10.9. The molecule has 2 aromatic heterocycles. The Hall–Kier alpha value is -2.95. The van der Waals surface area contributed by atoms with Gasteiger partial charge in [-0.3, -0.25) is 9.36 Å². The third-order valence-corrected chi connectivity index (χ3v) is 11.6. The molecule has 10 heteroatoms. The van der Waals surface area contributed by atoms with E-state index < -0.39 is 18.2 Å². The topological polar surface area (TPSA) is 104 Å². The smallest absolute Gasteiger partial charge is 0.281 e. The lowest BCUT2D eigenvalue weighted by atomic mass is 10.2. The minimum atomic E-state index is -3.35. The van der Waals surface area contributed by atoms with Crippen molar-refractivity contribution in [3.63, 3.8) is 0 Å². The van der Waals surface area contributed by atoms with E-state index in [9.17, 15) is 13.2 Å². The Kier molecular flexibility index (Phi) is 7.34. The summed E-state index contributed by atoms with van der Waals surface area (Å²) in [4.78, 5) is 26.0. The highest BCUT2D eigenvalue weighted by Gasteiger charge is 2.36. The standard InChI is InChI=1S/C24H30N4O4SSi/c1-24(2,3)34(5,6)32-13-7-8-19-16-28(20-9-11-21(12-10-20)33(4,30)31)23(29)22(27-19)18-14-25-17-26-15-18/h7-12,14-17H,13H2,1-6H3. The van der Waals surface area contributed by atoms with Gasteiger partial charge in [0.1, 0.15) is 12.0 Å². The van der Waals surface area contributed by atoms with E-state index in [-0.39, 0.29) is 21.2 Å². The largest absolute Gasteiger partial charge is 0.413 e. The van der Waals surface area contributed by atoms with E-state index in [2.05, 4.69) is 48.8 Å². The molecular formula is C24H30N4O4SSi. The first-order chi connectivity index (χ1) is 15.8. The van der Waals surface area contributed by atoms with Gasteiger partial charge >= 0.3 is 0 Å². The molecule has 0 saturated heterocycles. The maximum Gasteiger partial charge on any atom is 0.281 e. The minimum absolute atomic E-state index is 0.102. The van der Waals surface area contributed by atoms with Crippen LogP contribution in [-0.4, -0.2) is 49.1 Å². The van der Waals surface area contributed by atoms with Gasteiger partial charge < -0.3 is 4.43 Å². The van der Waals surface area contributed by atoms with Gasteiger partial charge in [0.15, 0.2) is 18.2 Å². The molecule has 8 nitrogen and oxygen atoms in total. The van der Waals surface area contributed by atoms with Gasteiger partial charge in [0.25, 0.3) is 5.56 Å². The van der Waals surface area contributed by atoms with Crippen LogP contribution < -0.4 is 5.56 Å². The number of sulfone groups is 1. The summed E-state index contributed by atoms with van der Waals surface area (Å²) in [5, 5.41) is 0.102. The third-order valence-electron chi connectivity index (χ3n) is 5.94. The zero-order valence-corrected chi connectivity index (χ0v) is 22.1. The van der Waals surface area contributed by atoms with E-state index in [0.717, 1.165) is 6.26 Å². The molecule has 0 aliphatic carbocycles. The first kappa shape index (κ1) is 25.7. The van der Waals surface area contributed by atoms with E-state index in [1.807, 2.05) is 6.08 Å². The monoisotopic (exact) mass is 498 g/mol. The number of hydrogen-bond acceptors (Lipinski definition) is 7. The molecule has 0 radical (unpaired) electrons. The Morgan fingerprint density at radius 2 is 1.71 bits per heavy atom. The Bertz CT molecular complexity index is 1340. The number of aromatic nitrogens is 4. The van der Waals surface area contributed by atoms with Crippen LogP contribution >= 0.6 is 0 Å². The Balaban J connectivity index is 2.01. The van der Waals surface area contributed by atoms with Crippen LogP contribution in [0.15, 0.2) is 64.9 Å². The average molecular weight is 499 g/mol. The van der Waals surface area contributed by atoms with Crippen molar-refractivity contribution in [3.8, 4) is 16.9 Å². The quantitative estimate of drug-likeness (QED) is 0.451. The summed E-state index contributed by atoms with van der Waals surface area (Å²) in [6, 6.07) is 6.14. The van der Waals surface area contributed by atoms with Crippen LogP contribution in [0.25, 0.3) is 23.0 Å². The number of rotatable bonds is 7. The van der Waals surface area contributed by atoms with Gasteiger partial charge in [-0.1, -0.05) is 26.8 Å². The first-order valence-electron chi connectivity index (χ1n) is 10.8. The van der Waals surface area contributed by atoms with Crippen molar-refractivity contribution < 1.29 is 12.8 Å². The van der Waals surface area contributed by atoms with Gasteiger partial charge in [-0.05, 0) is 48.5 Å². The molecule has 34 heavy (non-hydrogen) atoms. The lowest BCUT2D eigenvalue weighted by molar-refractivity contribution is 0.328. The molecule has 0 unspecified atom stereocenters. The molecule has 0 bridgehead atoms. The van der Waals surface area contributed by atoms with E-state index in [0.29, 0.717) is 23.6 Å². The summed E-state index contributed by atoms with van der Waals surface area (Å²) in [5.41, 5.74) is 1.38. The predicted octanol–water partition coefficient (Wildman–Crippen LogP) is 4.13. The summed E-state index contributed by atoms with van der Waals surface area (Å²) >= 11 is 0. The molecule has 0 aliphatic heterocycles. The van der Waals surface area contributed by atoms with E-state index in [1.165, 1.54) is 35.4 Å². The highest BCUT2D eigenvalue weighted by atomic mass is 32.2. The predicted molar refractivity (Wildman–Crippen MR) is 136 cm³/mol. The van der Waals surface area contributed by atoms with Gasteiger partial charge in [0.2, 0.25) is 0 Å². The molecule has 3 rings (SSSR count). The summed E-state index contributed by atoms with van der Waals surface area (Å²) < 4.78 is 31.3. The van der Waals surface area contributed by atoms with Crippen LogP contribution in [0.3, 0.4) is 0 Å². The first-order valence-corrected chi connectivity index (χ1v) is 15.6. The molecular weight excluding hydrogens is 468 g/mol. The molecule has 0 atom stereocenters. The van der Waals surface area contributed by atoms with Crippen molar-refractivity contribution in [3.05, 3.63) is 71.3 Å². The fourth-order valence-electron chi connectivity index (χ4n) is 2.89. The lowest BCUT2D eigenvalue weighted by Gasteiger charge is -2.35. The third kappa shape index (κ3) is 5.94. The highest BCUT2D eigenvalue weighted by molar-refractivity contribution is 7.90. The summed E-state index contributed by atoms with van der Waals surface area (Å²) in [6.45, 7) is 11.4. The number of nitrogens with zero attached hydrogens (tertiary/aromatic N) is 4. The molecule has 0 spiro atoms. The Morgan fingerprint density at radius 3 is 2.26 bits per heavy atom.